The molecule has 0 aliphatic carbocycles. The van der Waals surface area contributed by atoms with Gasteiger partial charge in [0, 0.05) is 12.8 Å². The van der Waals surface area contributed by atoms with Gasteiger partial charge in [-0.05, 0) is 46.5 Å². The van der Waals surface area contributed by atoms with Crippen LogP contribution in [-0.2, 0) is 17.6 Å². The van der Waals surface area contributed by atoms with Crippen molar-refractivity contribution in [3.63, 3.8) is 0 Å². The van der Waals surface area contributed by atoms with Crippen molar-refractivity contribution in [3.05, 3.63) is 131 Å². The average molecular weight is 439 g/mol. The second-order valence-corrected chi connectivity index (χ2v) is 8.04. The maximum absolute atomic E-state index is 6.88. The van der Waals surface area contributed by atoms with Gasteiger partial charge in [-0.1, -0.05) is 84.9 Å². The van der Waals surface area contributed by atoms with Crippen LogP contribution in [0.25, 0.3) is 0 Å². The Balaban J connectivity index is 1.62. The van der Waals surface area contributed by atoms with Crippen LogP contribution in [0.5, 0.6) is 11.5 Å². The molecule has 4 rings (SSSR count). The molecule has 4 aromatic rings. The zero-order valence-electron chi connectivity index (χ0n) is 19.2. The molecule has 0 fully saturated rings. The van der Waals surface area contributed by atoms with Gasteiger partial charge < -0.3 is 14.2 Å². The van der Waals surface area contributed by atoms with Gasteiger partial charge in [-0.25, -0.2) is 0 Å². The molecule has 4 aromatic carbocycles. The van der Waals surface area contributed by atoms with Crippen molar-refractivity contribution in [1.82, 2.24) is 0 Å². The van der Waals surface area contributed by atoms with Crippen molar-refractivity contribution in [2.24, 2.45) is 0 Å². The largest absolute Gasteiger partial charge is 0.497 e. The molecule has 0 aliphatic heterocycles. The molecule has 0 N–H and O–H groups in total. The van der Waals surface area contributed by atoms with E-state index in [1.54, 1.807) is 14.2 Å². The molecule has 0 amide bonds. The topological polar surface area (TPSA) is 27.7 Å². The first kappa shape index (κ1) is 22.6. The average Bonchev–Trinajstić information content (AvgIpc) is 2.89. The second-order valence-electron chi connectivity index (χ2n) is 8.04. The van der Waals surface area contributed by atoms with Gasteiger partial charge in [-0.15, -0.1) is 0 Å². The molecule has 168 valence electrons. The highest BCUT2D eigenvalue weighted by Crippen LogP contribution is 2.32. The third-order valence-corrected chi connectivity index (χ3v) is 5.83. The van der Waals surface area contributed by atoms with Crippen molar-refractivity contribution < 1.29 is 14.2 Å². The molecule has 0 aromatic heterocycles. The fraction of sp³-hybridized carbons (Fsp3) is 0.200. The molecular formula is C30H30O3. The van der Waals surface area contributed by atoms with Crippen molar-refractivity contribution >= 4 is 0 Å². The van der Waals surface area contributed by atoms with E-state index in [4.69, 9.17) is 14.2 Å². The zero-order valence-corrected chi connectivity index (χ0v) is 19.2. The Hall–Kier alpha value is -3.56. The van der Waals surface area contributed by atoms with E-state index in [1.165, 1.54) is 22.3 Å². The third-order valence-electron chi connectivity index (χ3n) is 5.83. The minimum Gasteiger partial charge on any atom is -0.497 e. The number of ether oxygens (including phenoxy) is 3. The highest BCUT2D eigenvalue weighted by atomic mass is 16.5. The van der Waals surface area contributed by atoms with Crippen LogP contribution in [0.1, 0.15) is 34.5 Å². The number of rotatable bonds is 10. The summed E-state index contributed by atoms with van der Waals surface area (Å²) in [4.78, 5) is 0. The molecule has 0 aliphatic rings. The predicted octanol–water partition coefficient (Wildman–Crippen LogP) is 6.99. The molecule has 0 spiro atoms. The van der Waals surface area contributed by atoms with Gasteiger partial charge in [0.25, 0.3) is 0 Å². The Morgan fingerprint density at radius 3 is 1.18 bits per heavy atom. The van der Waals surface area contributed by atoms with Crippen LogP contribution in [0.3, 0.4) is 0 Å². The highest BCUT2D eigenvalue weighted by Gasteiger charge is 2.21. The van der Waals surface area contributed by atoms with E-state index in [2.05, 4.69) is 72.8 Å². The van der Waals surface area contributed by atoms with E-state index in [9.17, 15) is 0 Å². The highest BCUT2D eigenvalue weighted by molar-refractivity contribution is 5.31. The van der Waals surface area contributed by atoms with Crippen molar-refractivity contribution in [1.29, 1.82) is 0 Å². The van der Waals surface area contributed by atoms with Crippen LogP contribution in [0.15, 0.2) is 109 Å². The summed E-state index contributed by atoms with van der Waals surface area (Å²) >= 11 is 0. The van der Waals surface area contributed by atoms with Crippen LogP contribution >= 0.6 is 0 Å². The normalized spacial score (nSPS) is 12.7. The first-order valence-electron chi connectivity index (χ1n) is 11.3. The van der Waals surface area contributed by atoms with Crippen LogP contribution in [0.4, 0.5) is 0 Å². The van der Waals surface area contributed by atoms with Crippen molar-refractivity contribution in [2.45, 2.75) is 25.0 Å². The first-order chi connectivity index (χ1) is 16.2. The lowest BCUT2D eigenvalue weighted by atomic mass is 9.98. The summed E-state index contributed by atoms with van der Waals surface area (Å²) in [6.07, 6.45) is 1.39. The Morgan fingerprint density at radius 1 is 0.485 bits per heavy atom. The molecule has 0 heterocycles. The quantitative estimate of drug-likeness (QED) is 0.267. The van der Waals surface area contributed by atoms with Crippen LogP contribution in [-0.4, -0.2) is 14.2 Å². The number of benzene rings is 4. The van der Waals surface area contributed by atoms with Crippen molar-refractivity contribution in [3.8, 4) is 11.5 Å². The Morgan fingerprint density at radius 2 is 0.848 bits per heavy atom. The standard InChI is InChI=1S/C30H30O3/c1-31-27-17-13-23(14-18-27)21-29(25-9-5-3-6-10-25)33-30(26-11-7-4-8-12-26)22-24-15-19-28(32-2)20-16-24/h3-20,29-30H,21-22H2,1-2H3. The minimum atomic E-state index is -0.0805. The van der Waals surface area contributed by atoms with Gasteiger partial charge in [-0.3, -0.25) is 0 Å². The van der Waals surface area contributed by atoms with E-state index < -0.39 is 0 Å². The fourth-order valence-corrected chi connectivity index (χ4v) is 3.97. The lowest BCUT2D eigenvalue weighted by Crippen LogP contribution is -2.15. The summed E-state index contributed by atoms with van der Waals surface area (Å²) in [6.45, 7) is 0. The van der Waals surface area contributed by atoms with E-state index in [1.807, 2.05) is 36.4 Å². The zero-order chi connectivity index (χ0) is 22.9. The summed E-state index contributed by atoms with van der Waals surface area (Å²) in [5.74, 6) is 1.72. The number of methoxy groups -OCH3 is 2. The van der Waals surface area contributed by atoms with Crippen LogP contribution in [0, 0.1) is 0 Å². The van der Waals surface area contributed by atoms with E-state index in [0.29, 0.717) is 0 Å². The van der Waals surface area contributed by atoms with Crippen molar-refractivity contribution in [2.75, 3.05) is 14.2 Å². The van der Waals surface area contributed by atoms with Crippen LogP contribution < -0.4 is 9.47 Å². The molecule has 2 atom stereocenters. The van der Waals surface area contributed by atoms with Gasteiger partial charge in [0.15, 0.2) is 0 Å². The number of hydrogen-bond donors (Lipinski definition) is 0. The molecule has 0 bridgehead atoms. The Labute approximate surface area is 196 Å². The predicted molar refractivity (Wildman–Crippen MR) is 133 cm³/mol. The molecule has 33 heavy (non-hydrogen) atoms. The van der Waals surface area contributed by atoms with Gasteiger partial charge >= 0.3 is 0 Å². The summed E-state index contributed by atoms with van der Waals surface area (Å²) in [7, 11) is 3.38. The maximum atomic E-state index is 6.88. The second kappa shape index (κ2) is 11.3. The molecule has 0 saturated heterocycles. The molecule has 3 heteroatoms. The monoisotopic (exact) mass is 438 g/mol. The minimum absolute atomic E-state index is 0.0805. The molecular weight excluding hydrogens is 408 g/mol. The van der Waals surface area contributed by atoms with Gasteiger partial charge in [0.05, 0.1) is 26.4 Å². The Bertz CT molecular complexity index is 1000. The summed E-state index contributed by atoms with van der Waals surface area (Å²) in [6, 6.07) is 37.4. The first-order valence-corrected chi connectivity index (χ1v) is 11.3. The third kappa shape index (κ3) is 6.24. The SMILES string of the molecule is COc1ccc(CC(OC(Cc2ccc(OC)cc2)c2ccccc2)c2ccccc2)cc1. The summed E-state index contributed by atoms with van der Waals surface area (Å²) in [5.41, 5.74) is 4.76. The Kier molecular flexibility index (Phi) is 7.78. The van der Waals surface area contributed by atoms with Gasteiger partial charge in [-0.2, -0.15) is 0 Å². The van der Waals surface area contributed by atoms with E-state index in [0.717, 1.165) is 24.3 Å². The lowest BCUT2D eigenvalue weighted by Gasteiger charge is -2.26. The fourth-order valence-electron chi connectivity index (χ4n) is 3.97. The van der Waals surface area contributed by atoms with Gasteiger partial charge in [0.1, 0.15) is 11.5 Å². The van der Waals surface area contributed by atoms with E-state index >= 15 is 0 Å². The summed E-state index contributed by atoms with van der Waals surface area (Å²) in [5, 5.41) is 0. The summed E-state index contributed by atoms with van der Waals surface area (Å²) < 4.78 is 17.5. The molecule has 2 unspecified atom stereocenters. The van der Waals surface area contributed by atoms with Gasteiger partial charge in [0.2, 0.25) is 0 Å². The van der Waals surface area contributed by atoms with Crippen LogP contribution in [0.2, 0.25) is 0 Å². The molecule has 0 radical (unpaired) electrons. The lowest BCUT2D eigenvalue weighted by molar-refractivity contribution is -0.0149. The smallest absolute Gasteiger partial charge is 0.118 e. The molecule has 3 nitrogen and oxygen atoms in total. The maximum Gasteiger partial charge on any atom is 0.118 e. The molecule has 0 saturated carbocycles. The van der Waals surface area contributed by atoms with E-state index in [-0.39, 0.29) is 12.2 Å². The number of hydrogen-bond acceptors (Lipinski definition) is 3.